The van der Waals surface area contributed by atoms with Gasteiger partial charge in [-0.25, -0.2) is 4.79 Å². The van der Waals surface area contributed by atoms with Gasteiger partial charge in [-0.2, -0.15) is 0 Å². The van der Waals surface area contributed by atoms with Gasteiger partial charge >= 0.3 is 5.97 Å². The highest BCUT2D eigenvalue weighted by Crippen LogP contribution is 2.36. The van der Waals surface area contributed by atoms with E-state index in [-0.39, 0.29) is 0 Å². The van der Waals surface area contributed by atoms with Crippen LogP contribution in [-0.4, -0.2) is 16.1 Å². The van der Waals surface area contributed by atoms with Crippen LogP contribution in [0, 0.1) is 0 Å². The van der Waals surface area contributed by atoms with Crippen molar-refractivity contribution in [2.24, 2.45) is 0 Å². The molecule has 0 radical (unpaired) electrons. The van der Waals surface area contributed by atoms with E-state index in [1.165, 1.54) is 6.42 Å². The molecule has 1 aliphatic carbocycles. The van der Waals surface area contributed by atoms with Gasteiger partial charge in [0.15, 0.2) is 0 Å². The number of carboxylic acid groups (broad SMARTS) is 1. The van der Waals surface area contributed by atoms with Crippen molar-refractivity contribution in [2.45, 2.75) is 25.2 Å². The summed E-state index contributed by atoms with van der Waals surface area (Å²) in [7, 11) is 0. The summed E-state index contributed by atoms with van der Waals surface area (Å²) >= 11 is 0. The molecule has 3 nitrogen and oxygen atoms in total. The van der Waals surface area contributed by atoms with Crippen LogP contribution < -0.4 is 0 Å². The number of aromatic carboxylic acids is 1. The van der Waals surface area contributed by atoms with Gasteiger partial charge in [-0.15, -0.1) is 0 Å². The van der Waals surface area contributed by atoms with Gasteiger partial charge in [0.05, 0.1) is 5.56 Å². The van der Waals surface area contributed by atoms with Crippen LogP contribution in [0.2, 0.25) is 0 Å². The Morgan fingerprint density at radius 3 is 2.83 bits per heavy atom. The number of aromatic nitrogens is 1. The topological polar surface area (TPSA) is 53.1 Å². The molecule has 1 fully saturated rings. The van der Waals surface area contributed by atoms with Crippen LogP contribution in [0.3, 0.4) is 0 Å². The SMILES string of the molecule is O=C(O)c1cc[nH]c1C1CCC1. The van der Waals surface area contributed by atoms with Gasteiger partial charge in [-0.05, 0) is 24.8 Å². The summed E-state index contributed by atoms with van der Waals surface area (Å²) < 4.78 is 0. The predicted octanol–water partition coefficient (Wildman–Crippen LogP) is 1.98. The summed E-state index contributed by atoms with van der Waals surface area (Å²) in [6, 6.07) is 1.63. The molecule has 0 aliphatic heterocycles. The number of carbonyl (C=O) groups is 1. The smallest absolute Gasteiger partial charge is 0.337 e. The lowest BCUT2D eigenvalue weighted by Gasteiger charge is -2.24. The fourth-order valence-electron chi connectivity index (χ4n) is 1.60. The highest BCUT2D eigenvalue weighted by Gasteiger charge is 2.25. The molecule has 0 aromatic carbocycles. The van der Waals surface area contributed by atoms with Crippen LogP contribution in [0.25, 0.3) is 0 Å². The van der Waals surface area contributed by atoms with Crippen LogP contribution in [0.1, 0.15) is 41.2 Å². The maximum atomic E-state index is 10.7. The van der Waals surface area contributed by atoms with E-state index in [9.17, 15) is 4.79 Å². The minimum Gasteiger partial charge on any atom is -0.478 e. The number of aromatic amines is 1. The third-order valence-electron chi connectivity index (χ3n) is 2.52. The lowest BCUT2D eigenvalue weighted by molar-refractivity contribution is 0.0694. The summed E-state index contributed by atoms with van der Waals surface area (Å²) in [5.41, 5.74) is 1.36. The summed E-state index contributed by atoms with van der Waals surface area (Å²) in [6.45, 7) is 0. The number of H-pyrrole nitrogens is 1. The zero-order valence-corrected chi connectivity index (χ0v) is 6.71. The maximum Gasteiger partial charge on any atom is 0.337 e. The summed E-state index contributed by atoms with van der Waals surface area (Å²) in [6.07, 6.45) is 5.18. The summed E-state index contributed by atoms with van der Waals surface area (Å²) in [5.74, 6) is -0.357. The Morgan fingerprint density at radius 2 is 2.33 bits per heavy atom. The van der Waals surface area contributed by atoms with E-state index in [1.807, 2.05) is 0 Å². The lowest BCUT2D eigenvalue weighted by Crippen LogP contribution is -2.12. The number of rotatable bonds is 2. The van der Waals surface area contributed by atoms with Crippen LogP contribution in [0.4, 0.5) is 0 Å². The zero-order valence-electron chi connectivity index (χ0n) is 6.71. The van der Waals surface area contributed by atoms with Crippen LogP contribution in [-0.2, 0) is 0 Å². The molecule has 1 heterocycles. The molecule has 12 heavy (non-hydrogen) atoms. The average Bonchev–Trinajstić information content (AvgIpc) is 2.31. The third kappa shape index (κ3) is 1.02. The molecule has 64 valence electrons. The van der Waals surface area contributed by atoms with Gasteiger partial charge in [0, 0.05) is 11.9 Å². The van der Waals surface area contributed by atoms with E-state index in [2.05, 4.69) is 4.98 Å². The Hall–Kier alpha value is -1.25. The molecule has 0 unspecified atom stereocenters. The molecule has 0 spiro atoms. The molecule has 0 bridgehead atoms. The molecule has 2 rings (SSSR count). The quantitative estimate of drug-likeness (QED) is 0.704. The van der Waals surface area contributed by atoms with Crippen molar-refractivity contribution in [2.75, 3.05) is 0 Å². The number of carboxylic acids is 1. The second-order valence-electron chi connectivity index (χ2n) is 3.24. The van der Waals surface area contributed by atoms with E-state index in [4.69, 9.17) is 5.11 Å². The molecule has 0 saturated heterocycles. The molecule has 1 aromatic rings. The molecule has 1 aromatic heterocycles. The first kappa shape index (κ1) is 7.40. The monoisotopic (exact) mass is 165 g/mol. The zero-order chi connectivity index (χ0) is 8.55. The molecular weight excluding hydrogens is 154 g/mol. The Morgan fingerprint density at radius 1 is 1.58 bits per heavy atom. The van der Waals surface area contributed by atoms with Crippen molar-refractivity contribution < 1.29 is 9.90 Å². The van der Waals surface area contributed by atoms with E-state index < -0.39 is 5.97 Å². The molecular formula is C9H11NO2. The number of hydrogen-bond acceptors (Lipinski definition) is 1. The molecule has 2 N–H and O–H groups in total. The minimum absolute atomic E-state index is 0.444. The number of hydrogen-bond donors (Lipinski definition) is 2. The van der Waals surface area contributed by atoms with Gasteiger partial charge in [0.2, 0.25) is 0 Å². The fourth-order valence-corrected chi connectivity index (χ4v) is 1.60. The van der Waals surface area contributed by atoms with Crippen molar-refractivity contribution in [3.63, 3.8) is 0 Å². The van der Waals surface area contributed by atoms with E-state index >= 15 is 0 Å². The second-order valence-corrected chi connectivity index (χ2v) is 3.24. The van der Waals surface area contributed by atoms with Gasteiger partial charge in [0.25, 0.3) is 0 Å². The highest BCUT2D eigenvalue weighted by atomic mass is 16.4. The minimum atomic E-state index is -0.821. The molecule has 3 heteroatoms. The van der Waals surface area contributed by atoms with Gasteiger partial charge in [-0.3, -0.25) is 0 Å². The average molecular weight is 165 g/mol. The first-order valence-electron chi connectivity index (χ1n) is 4.19. The van der Waals surface area contributed by atoms with Gasteiger partial charge in [-0.1, -0.05) is 6.42 Å². The Kier molecular flexibility index (Phi) is 1.64. The van der Waals surface area contributed by atoms with Crippen molar-refractivity contribution in [3.8, 4) is 0 Å². The lowest BCUT2D eigenvalue weighted by atomic mass is 9.82. The van der Waals surface area contributed by atoms with E-state index in [0.29, 0.717) is 11.5 Å². The third-order valence-corrected chi connectivity index (χ3v) is 2.52. The van der Waals surface area contributed by atoms with E-state index in [0.717, 1.165) is 18.5 Å². The van der Waals surface area contributed by atoms with E-state index in [1.54, 1.807) is 12.3 Å². The molecule has 1 saturated carbocycles. The summed E-state index contributed by atoms with van der Waals surface area (Å²) in [4.78, 5) is 13.7. The second kappa shape index (κ2) is 2.66. The fraction of sp³-hybridized carbons (Fsp3) is 0.444. The molecule has 0 amide bonds. The normalized spacial score (nSPS) is 17.3. The first-order valence-corrected chi connectivity index (χ1v) is 4.19. The Bertz CT molecular complexity index is 299. The van der Waals surface area contributed by atoms with Crippen molar-refractivity contribution in [3.05, 3.63) is 23.5 Å². The highest BCUT2D eigenvalue weighted by molar-refractivity contribution is 5.89. The maximum absolute atomic E-state index is 10.7. The summed E-state index contributed by atoms with van der Waals surface area (Å²) in [5, 5.41) is 8.80. The first-order chi connectivity index (χ1) is 5.79. The van der Waals surface area contributed by atoms with Crippen molar-refractivity contribution in [1.82, 2.24) is 4.98 Å². The molecule has 1 aliphatic rings. The van der Waals surface area contributed by atoms with Crippen molar-refractivity contribution in [1.29, 1.82) is 0 Å². The number of nitrogens with one attached hydrogen (secondary N) is 1. The van der Waals surface area contributed by atoms with Crippen LogP contribution in [0.15, 0.2) is 12.3 Å². The Labute approximate surface area is 70.4 Å². The van der Waals surface area contributed by atoms with Crippen LogP contribution >= 0.6 is 0 Å². The van der Waals surface area contributed by atoms with Crippen LogP contribution in [0.5, 0.6) is 0 Å². The molecule has 0 atom stereocenters. The van der Waals surface area contributed by atoms with Gasteiger partial charge in [0.1, 0.15) is 0 Å². The standard InChI is InChI=1S/C9H11NO2/c11-9(12)7-4-5-10-8(7)6-2-1-3-6/h4-6,10H,1-3H2,(H,11,12). The van der Waals surface area contributed by atoms with Gasteiger partial charge < -0.3 is 10.1 Å². The predicted molar refractivity (Wildman–Crippen MR) is 44.3 cm³/mol. The Balaban J connectivity index is 2.29. The van der Waals surface area contributed by atoms with Crippen molar-refractivity contribution >= 4 is 5.97 Å². The largest absolute Gasteiger partial charge is 0.478 e.